The monoisotopic (exact) mass is 598 g/mol. The number of pyridine rings is 1. The minimum absolute atomic E-state index is 0.0158. The van der Waals surface area contributed by atoms with Gasteiger partial charge in [0.15, 0.2) is 27.6 Å². The maximum atomic E-state index is 13.1. The van der Waals surface area contributed by atoms with Crippen molar-refractivity contribution in [2.75, 3.05) is 29.5 Å². The Labute approximate surface area is 230 Å². The number of halogens is 4. The summed E-state index contributed by atoms with van der Waals surface area (Å²) in [6.45, 7) is -0.748. The Hall–Kier alpha value is -3.76. The molecule has 0 amide bonds. The lowest BCUT2D eigenvalue weighted by atomic mass is 10.2. The summed E-state index contributed by atoms with van der Waals surface area (Å²) < 4.78 is 66.1. The average molecular weight is 599 g/mol. The second-order valence-corrected chi connectivity index (χ2v) is 11.8. The molecular formula is C23H22ClF3N8O4S. The predicted molar refractivity (Wildman–Crippen MR) is 138 cm³/mol. The van der Waals surface area contributed by atoms with Crippen LogP contribution in [0, 0.1) is 0 Å². The Bertz CT molecular complexity index is 1670. The number of nitrogens with zero attached hydrogens (tertiary/aromatic N) is 8. The molecule has 1 atom stereocenters. The van der Waals surface area contributed by atoms with E-state index in [0.717, 1.165) is 9.25 Å². The highest BCUT2D eigenvalue weighted by Crippen LogP contribution is 2.26. The van der Waals surface area contributed by atoms with Gasteiger partial charge in [-0.05, 0) is 30.3 Å². The van der Waals surface area contributed by atoms with Crippen LogP contribution in [0.2, 0.25) is 5.02 Å². The van der Waals surface area contributed by atoms with Crippen LogP contribution in [0.3, 0.4) is 0 Å². The molecule has 1 fully saturated rings. The van der Waals surface area contributed by atoms with Gasteiger partial charge in [0.05, 0.1) is 29.9 Å². The lowest BCUT2D eigenvalue weighted by molar-refractivity contribution is -0.207. The van der Waals surface area contributed by atoms with Crippen LogP contribution in [0.4, 0.5) is 18.9 Å². The number of aliphatic hydroxyl groups is 1. The molecule has 0 aliphatic carbocycles. The van der Waals surface area contributed by atoms with Gasteiger partial charge in [-0.2, -0.15) is 13.2 Å². The molecule has 1 aromatic carbocycles. The summed E-state index contributed by atoms with van der Waals surface area (Å²) in [6.07, 6.45) is -3.25. The van der Waals surface area contributed by atoms with Crippen LogP contribution < -0.4 is 10.6 Å². The van der Waals surface area contributed by atoms with Gasteiger partial charge in [0.2, 0.25) is 0 Å². The summed E-state index contributed by atoms with van der Waals surface area (Å²) in [5.41, 5.74) is 0.625. The molecule has 0 radical (unpaired) electrons. The second kappa shape index (κ2) is 10.7. The number of hydrogen-bond acceptors (Lipinski definition) is 9. The molecule has 0 saturated carbocycles. The van der Waals surface area contributed by atoms with E-state index in [1.165, 1.54) is 41.5 Å². The normalized spacial score (nSPS) is 16.3. The zero-order valence-corrected chi connectivity index (χ0v) is 22.2. The van der Waals surface area contributed by atoms with E-state index in [4.69, 9.17) is 11.6 Å². The lowest BCUT2D eigenvalue weighted by Gasteiger charge is -2.29. The summed E-state index contributed by atoms with van der Waals surface area (Å²) in [5.74, 6) is 0.0601. The topological polar surface area (TPSA) is 141 Å². The summed E-state index contributed by atoms with van der Waals surface area (Å²) in [4.78, 5) is 23.4. The zero-order chi connectivity index (χ0) is 28.7. The first-order valence-corrected chi connectivity index (χ1v) is 14.1. The van der Waals surface area contributed by atoms with Gasteiger partial charge in [-0.25, -0.2) is 27.6 Å². The van der Waals surface area contributed by atoms with Crippen LogP contribution in [0.25, 0.3) is 17.1 Å². The maximum absolute atomic E-state index is 13.1. The summed E-state index contributed by atoms with van der Waals surface area (Å²) in [7, 11) is -3.09. The molecule has 1 unspecified atom stereocenters. The van der Waals surface area contributed by atoms with Crippen LogP contribution >= 0.6 is 11.6 Å². The molecule has 40 heavy (non-hydrogen) atoms. The number of aliphatic hydroxyl groups excluding tert-OH is 1. The van der Waals surface area contributed by atoms with Gasteiger partial charge in [0.1, 0.15) is 18.6 Å². The Morgan fingerprint density at radius 1 is 1.05 bits per heavy atom. The van der Waals surface area contributed by atoms with E-state index in [9.17, 15) is 31.5 Å². The number of aromatic nitrogens is 7. The van der Waals surface area contributed by atoms with Crippen molar-refractivity contribution in [3.05, 3.63) is 70.4 Å². The predicted octanol–water partition coefficient (Wildman–Crippen LogP) is 1.55. The lowest BCUT2D eigenvalue weighted by Crippen LogP contribution is -2.40. The SMILES string of the molecule is O=c1n(Cc2ncn(-c3cnccc3N3CCS(=O)(=O)CC3)n2)nc(-c2ccc(Cl)cc2)n1CC(O)C(F)(F)F. The average Bonchev–Trinajstić information content (AvgIpc) is 3.49. The molecule has 5 rings (SSSR count). The highest BCUT2D eigenvalue weighted by molar-refractivity contribution is 7.91. The highest BCUT2D eigenvalue weighted by atomic mass is 35.5. The van der Waals surface area contributed by atoms with Crippen molar-refractivity contribution in [1.82, 2.24) is 34.1 Å². The van der Waals surface area contributed by atoms with Crippen molar-refractivity contribution in [3.8, 4) is 17.1 Å². The van der Waals surface area contributed by atoms with Crippen molar-refractivity contribution in [2.24, 2.45) is 0 Å². The Morgan fingerprint density at radius 2 is 1.75 bits per heavy atom. The molecule has 1 aliphatic rings. The summed E-state index contributed by atoms with van der Waals surface area (Å²) >= 11 is 5.92. The Kier molecular flexibility index (Phi) is 7.41. The van der Waals surface area contributed by atoms with Crippen LogP contribution in [0.1, 0.15) is 5.82 Å². The minimum Gasteiger partial charge on any atom is -0.382 e. The number of rotatable bonds is 7. The third kappa shape index (κ3) is 5.88. The van der Waals surface area contributed by atoms with E-state index < -0.39 is 34.4 Å². The molecule has 212 valence electrons. The number of hydrogen-bond donors (Lipinski definition) is 1. The van der Waals surface area contributed by atoms with E-state index in [1.807, 2.05) is 4.90 Å². The van der Waals surface area contributed by atoms with E-state index in [0.29, 0.717) is 35.1 Å². The first-order valence-electron chi connectivity index (χ1n) is 11.9. The molecule has 12 nitrogen and oxygen atoms in total. The van der Waals surface area contributed by atoms with Gasteiger partial charge in [-0.3, -0.25) is 9.55 Å². The quantitative estimate of drug-likeness (QED) is 0.335. The van der Waals surface area contributed by atoms with E-state index in [1.54, 1.807) is 12.3 Å². The molecule has 3 aromatic heterocycles. The molecule has 0 spiro atoms. The van der Waals surface area contributed by atoms with Crippen molar-refractivity contribution in [1.29, 1.82) is 0 Å². The van der Waals surface area contributed by atoms with Crippen molar-refractivity contribution in [2.45, 2.75) is 25.4 Å². The van der Waals surface area contributed by atoms with Gasteiger partial charge in [0.25, 0.3) is 0 Å². The summed E-state index contributed by atoms with van der Waals surface area (Å²) in [6, 6.07) is 7.71. The van der Waals surface area contributed by atoms with Gasteiger partial charge in [0, 0.05) is 29.9 Å². The molecule has 4 heterocycles. The number of benzene rings is 1. The molecule has 1 saturated heterocycles. The Balaban J connectivity index is 1.45. The Morgan fingerprint density at radius 3 is 2.42 bits per heavy atom. The largest absolute Gasteiger partial charge is 0.416 e. The fourth-order valence-corrected chi connectivity index (χ4v) is 5.52. The molecule has 1 aliphatic heterocycles. The third-order valence-corrected chi connectivity index (χ3v) is 8.16. The molecule has 17 heteroatoms. The fraction of sp³-hybridized carbons (Fsp3) is 0.348. The van der Waals surface area contributed by atoms with Crippen LogP contribution in [0.5, 0.6) is 0 Å². The smallest absolute Gasteiger partial charge is 0.382 e. The second-order valence-electron chi connectivity index (χ2n) is 9.05. The molecule has 1 N–H and O–H groups in total. The van der Waals surface area contributed by atoms with Crippen LogP contribution in [-0.2, 0) is 22.9 Å². The highest BCUT2D eigenvalue weighted by Gasteiger charge is 2.39. The first-order chi connectivity index (χ1) is 18.9. The first kappa shape index (κ1) is 27.8. The zero-order valence-electron chi connectivity index (χ0n) is 20.6. The maximum Gasteiger partial charge on any atom is 0.416 e. The summed E-state index contributed by atoms with van der Waals surface area (Å²) in [5, 5.41) is 18.6. The van der Waals surface area contributed by atoms with Crippen molar-refractivity contribution < 1.29 is 26.7 Å². The molecule has 4 aromatic rings. The molecular weight excluding hydrogens is 577 g/mol. The van der Waals surface area contributed by atoms with E-state index in [-0.39, 0.29) is 29.7 Å². The van der Waals surface area contributed by atoms with Crippen LogP contribution in [0.15, 0.2) is 53.8 Å². The standard InChI is InChI=1S/C23H22ClF3N8O4S/c24-16-3-1-15(2-4-16)21-31-34(22(37)33(21)12-19(36)23(25,26)27)13-20-29-14-35(30-20)18-11-28-6-5-17(18)32-7-9-40(38,39)10-8-32/h1-6,11,14,19,36H,7-10,12-13H2. The number of anilines is 1. The minimum atomic E-state index is -4.95. The number of sulfone groups is 1. The molecule has 0 bridgehead atoms. The van der Waals surface area contributed by atoms with Gasteiger partial charge in [-0.1, -0.05) is 11.6 Å². The van der Waals surface area contributed by atoms with Gasteiger partial charge in [-0.15, -0.1) is 10.2 Å². The third-order valence-electron chi connectivity index (χ3n) is 6.30. The number of alkyl halides is 3. The van der Waals surface area contributed by atoms with E-state index in [2.05, 4.69) is 20.2 Å². The van der Waals surface area contributed by atoms with Crippen LogP contribution in [-0.4, -0.2) is 84.5 Å². The van der Waals surface area contributed by atoms with Gasteiger partial charge >= 0.3 is 11.9 Å². The fourth-order valence-electron chi connectivity index (χ4n) is 4.19. The van der Waals surface area contributed by atoms with Gasteiger partial charge < -0.3 is 10.0 Å². The van der Waals surface area contributed by atoms with Crippen molar-refractivity contribution >= 4 is 27.1 Å². The van der Waals surface area contributed by atoms with Crippen molar-refractivity contribution in [3.63, 3.8) is 0 Å². The van der Waals surface area contributed by atoms with E-state index >= 15 is 0 Å².